The standard InChI is InChI=1S/C28H27ClN4OS/c1-16-8-9-17(2)23(13-16)32-18(3)14-21(19(32)4)27-26(22-7-5-6-12-30-22)31-28(35)33(27)24-15-20(29)10-11-25(24)34/h5-15,26-27,34H,1-4H3,(H,31,35)/t26-,27+/m1/s1. The third-order valence-corrected chi connectivity index (χ3v) is 7.24. The Balaban J connectivity index is 1.73. The first-order valence-corrected chi connectivity index (χ1v) is 12.3. The van der Waals surface area contributed by atoms with Gasteiger partial charge in [0.05, 0.1) is 23.5 Å². The lowest BCUT2D eigenvalue weighted by atomic mass is 9.96. The normalized spacial score (nSPS) is 17.6. The van der Waals surface area contributed by atoms with Gasteiger partial charge in [-0.05, 0) is 99.1 Å². The molecule has 0 saturated carbocycles. The largest absolute Gasteiger partial charge is 0.506 e. The summed E-state index contributed by atoms with van der Waals surface area (Å²) in [5.74, 6) is 0.119. The van der Waals surface area contributed by atoms with Crippen LogP contribution in [0.1, 0.15) is 45.9 Å². The molecule has 7 heteroatoms. The highest BCUT2D eigenvalue weighted by Crippen LogP contribution is 2.46. The second kappa shape index (κ2) is 9.02. The number of halogens is 1. The van der Waals surface area contributed by atoms with Gasteiger partial charge in [-0.25, -0.2) is 0 Å². The molecule has 0 aliphatic carbocycles. The van der Waals surface area contributed by atoms with Crippen LogP contribution >= 0.6 is 23.8 Å². The first-order chi connectivity index (χ1) is 16.8. The smallest absolute Gasteiger partial charge is 0.174 e. The van der Waals surface area contributed by atoms with Crippen LogP contribution in [0.15, 0.2) is 66.9 Å². The number of nitrogens with one attached hydrogen (secondary N) is 1. The van der Waals surface area contributed by atoms with Crippen molar-refractivity contribution >= 4 is 34.6 Å². The Morgan fingerprint density at radius 1 is 0.971 bits per heavy atom. The maximum Gasteiger partial charge on any atom is 0.174 e. The number of hydrogen-bond donors (Lipinski definition) is 2. The number of benzene rings is 2. The molecule has 2 N–H and O–H groups in total. The fourth-order valence-electron chi connectivity index (χ4n) is 5.04. The molecule has 35 heavy (non-hydrogen) atoms. The molecule has 1 saturated heterocycles. The zero-order valence-corrected chi connectivity index (χ0v) is 21.7. The van der Waals surface area contributed by atoms with Crippen LogP contribution < -0.4 is 10.2 Å². The van der Waals surface area contributed by atoms with Crippen LogP contribution in [0.4, 0.5) is 5.69 Å². The summed E-state index contributed by atoms with van der Waals surface area (Å²) in [6, 6.07) is 19.2. The van der Waals surface area contributed by atoms with Crippen LogP contribution in [-0.2, 0) is 0 Å². The van der Waals surface area contributed by atoms with Crippen molar-refractivity contribution in [1.29, 1.82) is 0 Å². The summed E-state index contributed by atoms with van der Waals surface area (Å²) >= 11 is 12.2. The second-order valence-corrected chi connectivity index (χ2v) is 9.90. The van der Waals surface area contributed by atoms with Gasteiger partial charge in [0.1, 0.15) is 5.75 Å². The van der Waals surface area contributed by atoms with E-state index in [4.69, 9.17) is 23.8 Å². The van der Waals surface area contributed by atoms with Crippen LogP contribution in [0.25, 0.3) is 5.69 Å². The van der Waals surface area contributed by atoms with E-state index >= 15 is 0 Å². The Labute approximate surface area is 216 Å². The molecule has 1 aliphatic rings. The molecular formula is C28H27ClN4OS. The van der Waals surface area contributed by atoms with Gasteiger partial charge in [0.25, 0.3) is 0 Å². The van der Waals surface area contributed by atoms with Gasteiger partial charge in [0.2, 0.25) is 0 Å². The van der Waals surface area contributed by atoms with Gasteiger partial charge in [-0.1, -0.05) is 29.8 Å². The van der Waals surface area contributed by atoms with Crippen molar-refractivity contribution in [2.75, 3.05) is 4.90 Å². The van der Waals surface area contributed by atoms with Crippen molar-refractivity contribution in [3.8, 4) is 11.4 Å². The summed E-state index contributed by atoms with van der Waals surface area (Å²) < 4.78 is 2.30. The van der Waals surface area contributed by atoms with Gasteiger partial charge < -0.3 is 19.9 Å². The number of anilines is 1. The minimum atomic E-state index is -0.244. The van der Waals surface area contributed by atoms with Crippen molar-refractivity contribution in [2.45, 2.75) is 39.8 Å². The topological polar surface area (TPSA) is 53.3 Å². The molecule has 0 radical (unpaired) electrons. The Morgan fingerprint density at radius 3 is 2.51 bits per heavy atom. The monoisotopic (exact) mass is 502 g/mol. The minimum Gasteiger partial charge on any atom is -0.506 e. The maximum atomic E-state index is 10.8. The predicted octanol–water partition coefficient (Wildman–Crippen LogP) is 6.64. The summed E-state index contributed by atoms with van der Waals surface area (Å²) in [6.45, 7) is 8.50. The summed E-state index contributed by atoms with van der Waals surface area (Å²) in [4.78, 5) is 6.60. The Bertz CT molecular complexity index is 1430. The molecule has 178 valence electrons. The summed E-state index contributed by atoms with van der Waals surface area (Å²) in [7, 11) is 0. The van der Waals surface area contributed by atoms with Crippen LogP contribution in [0.2, 0.25) is 5.02 Å². The van der Waals surface area contributed by atoms with Gasteiger partial charge in [-0.15, -0.1) is 0 Å². The van der Waals surface area contributed by atoms with Gasteiger partial charge in [0.15, 0.2) is 5.11 Å². The third-order valence-electron chi connectivity index (χ3n) is 6.69. The molecule has 0 unspecified atom stereocenters. The minimum absolute atomic E-state index is 0.119. The van der Waals surface area contributed by atoms with E-state index in [1.165, 1.54) is 11.1 Å². The molecule has 2 atom stereocenters. The van der Waals surface area contributed by atoms with E-state index in [1.807, 2.05) is 23.1 Å². The van der Waals surface area contributed by atoms with Crippen LogP contribution in [0.3, 0.4) is 0 Å². The third kappa shape index (κ3) is 4.07. The molecular weight excluding hydrogens is 476 g/mol. The molecule has 4 aromatic rings. The highest BCUT2D eigenvalue weighted by molar-refractivity contribution is 7.80. The zero-order chi connectivity index (χ0) is 24.9. The number of aromatic nitrogens is 2. The lowest BCUT2D eigenvalue weighted by Gasteiger charge is -2.29. The second-order valence-electron chi connectivity index (χ2n) is 9.08. The SMILES string of the molecule is Cc1ccc(C)c(-n2c(C)cc([C@H]3[C@@H](c4ccccn4)NC(=S)N3c3cc(Cl)ccc3O)c2C)c1. The Hall–Kier alpha value is -3.35. The number of thiocarbonyl (C=S) groups is 1. The highest BCUT2D eigenvalue weighted by atomic mass is 35.5. The predicted molar refractivity (Wildman–Crippen MR) is 146 cm³/mol. The first-order valence-electron chi connectivity index (χ1n) is 11.5. The van der Waals surface area contributed by atoms with Gasteiger partial charge in [0, 0.05) is 28.3 Å². The van der Waals surface area contributed by atoms with Crippen molar-refractivity contribution in [2.24, 2.45) is 0 Å². The molecule has 5 nitrogen and oxygen atoms in total. The number of phenols is 1. The van der Waals surface area contributed by atoms with Crippen LogP contribution in [0, 0.1) is 27.7 Å². The molecule has 2 aromatic carbocycles. The van der Waals surface area contributed by atoms with Gasteiger partial charge in [-0.3, -0.25) is 4.98 Å². The number of aromatic hydroxyl groups is 1. The zero-order valence-electron chi connectivity index (χ0n) is 20.1. The quantitative estimate of drug-likeness (QED) is 0.306. The van der Waals surface area contributed by atoms with E-state index in [9.17, 15) is 5.11 Å². The van der Waals surface area contributed by atoms with E-state index in [0.717, 1.165) is 28.3 Å². The number of rotatable bonds is 4. The molecule has 2 aromatic heterocycles. The van der Waals surface area contributed by atoms with Gasteiger partial charge in [-0.2, -0.15) is 0 Å². The van der Waals surface area contributed by atoms with Gasteiger partial charge >= 0.3 is 0 Å². The number of aryl methyl sites for hydroxylation is 3. The van der Waals surface area contributed by atoms with E-state index in [1.54, 1.807) is 24.4 Å². The molecule has 0 amide bonds. The lowest BCUT2D eigenvalue weighted by Crippen LogP contribution is -2.29. The maximum absolute atomic E-state index is 10.8. The van der Waals surface area contributed by atoms with Crippen molar-refractivity contribution < 1.29 is 5.11 Å². The first kappa shape index (κ1) is 23.4. The number of hydrogen-bond acceptors (Lipinski definition) is 3. The van der Waals surface area contributed by atoms with Crippen molar-refractivity contribution in [3.63, 3.8) is 0 Å². The Morgan fingerprint density at radius 2 is 1.77 bits per heavy atom. The molecule has 5 rings (SSSR count). The molecule has 0 bridgehead atoms. The lowest BCUT2D eigenvalue weighted by molar-refractivity contribution is 0.472. The number of nitrogens with zero attached hydrogens (tertiary/aromatic N) is 3. The molecule has 1 fully saturated rings. The van der Waals surface area contributed by atoms with Crippen LogP contribution in [-0.4, -0.2) is 19.8 Å². The fourth-order valence-corrected chi connectivity index (χ4v) is 5.54. The highest BCUT2D eigenvalue weighted by Gasteiger charge is 2.43. The van der Waals surface area contributed by atoms with E-state index in [2.05, 4.69) is 66.8 Å². The Kier molecular flexibility index (Phi) is 6.03. The number of pyridine rings is 1. The molecule has 0 spiro atoms. The van der Waals surface area contributed by atoms with Crippen LogP contribution in [0.5, 0.6) is 5.75 Å². The number of phenolic OH excluding ortho intramolecular Hbond substituents is 1. The summed E-state index contributed by atoms with van der Waals surface area (Å²) in [5, 5.41) is 15.3. The average molecular weight is 503 g/mol. The van der Waals surface area contributed by atoms with E-state index in [-0.39, 0.29) is 17.8 Å². The summed E-state index contributed by atoms with van der Waals surface area (Å²) in [6.07, 6.45) is 1.79. The van der Waals surface area contributed by atoms with E-state index in [0.29, 0.717) is 15.8 Å². The van der Waals surface area contributed by atoms with Crippen molar-refractivity contribution in [1.82, 2.24) is 14.9 Å². The fraction of sp³-hybridized carbons (Fsp3) is 0.214. The molecule has 1 aliphatic heterocycles. The molecule has 3 heterocycles. The average Bonchev–Trinajstić information content (AvgIpc) is 3.33. The van der Waals surface area contributed by atoms with Crippen molar-refractivity contribution in [3.05, 3.63) is 106 Å². The summed E-state index contributed by atoms with van der Waals surface area (Å²) in [5.41, 5.74) is 8.35. The van der Waals surface area contributed by atoms with E-state index < -0.39 is 0 Å².